The zero-order valence-electron chi connectivity index (χ0n) is 12.8. The Morgan fingerprint density at radius 3 is 2.73 bits per heavy atom. The summed E-state index contributed by atoms with van der Waals surface area (Å²) in [4.78, 5) is 0. The number of rotatable bonds is 3. The molecule has 0 radical (unpaired) electrons. The molecule has 2 unspecified atom stereocenters. The second-order valence-electron chi connectivity index (χ2n) is 6.21. The Bertz CT molecular complexity index is 622. The van der Waals surface area contributed by atoms with Gasteiger partial charge in [-0.3, -0.25) is 0 Å². The van der Waals surface area contributed by atoms with Gasteiger partial charge in [-0.15, -0.1) is 12.4 Å². The van der Waals surface area contributed by atoms with Crippen molar-refractivity contribution >= 4 is 23.4 Å². The lowest BCUT2D eigenvalue weighted by molar-refractivity contribution is -0.160. The largest absolute Gasteiger partial charge is 0.370 e. The highest BCUT2D eigenvalue weighted by Crippen LogP contribution is 2.51. The van der Waals surface area contributed by atoms with Crippen LogP contribution in [0.1, 0.15) is 31.7 Å². The summed E-state index contributed by atoms with van der Waals surface area (Å²) in [7, 11) is 0. The number of halogens is 1. The highest BCUT2D eigenvalue weighted by Gasteiger charge is 2.52. The highest BCUT2D eigenvalue weighted by molar-refractivity contribution is 5.85. The minimum atomic E-state index is -0.200. The van der Waals surface area contributed by atoms with Crippen molar-refractivity contribution in [2.45, 2.75) is 31.8 Å². The molecule has 22 heavy (non-hydrogen) atoms. The molecule has 2 atom stereocenters. The summed E-state index contributed by atoms with van der Waals surface area (Å²) in [5, 5.41) is 15.0. The molecule has 0 spiro atoms. The van der Waals surface area contributed by atoms with E-state index in [2.05, 4.69) is 39.8 Å². The van der Waals surface area contributed by atoms with E-state index in [-0.39, 0.29) is 18.0 Å². The maximum Gasteiger partial charge on any atom is 0.119 e. The van der Waals surface area contributed by atoms with Crippen molar-refractivity contribution in [2.75, 3.05) is 19.7 Å². The number of hydrogen-bond donors (Lipinski definition) is 2. The molecular weight excluding hydrogens is 300 g/mol. The molecule has 1 saturated carbocycles. The van der Waals surface area contributed by atoms with Gasteiger partial charge in [0.25, 0.3) is 0 Å². The van der Waals surface area contributed by atoms with E-state index in [4.69, 9.17) is 4.74 Å². The van der Waals surface area contributed by atoms with E-state index in [1.165, 1.54) is 24.8 Å². The zero-order valence-corrected chi connectivity index (χ0v) is 13.7. The fourth-order valence-corrected chi connectivity index (χ4v) is 4.49. The monoisotopic (exact) mass is 322 g/mol. The number of nitrogens with one attached hydrogen (secondary N) is 2. The van der Waals surface area contributed by atoms with Crippen LogP contribution in [0.15, 0.2) is 18.2 Å². The number of fused-ring (bicyclic) bond motifs is 3. The molecule has 1 aromatic heterocycles. The lowest BCUT2D eigenvalue weighted by atomic mass is 9.62. The van der Waals surface area contributed by atoms with Gasteiger partial charge in [0.1, 0.15) is 16.6 Å². The Labute approximate surface area is 136 Å². The Hall–Kier alpha value is -1.17. The van der Waals surface area contributed by atoms with Crippen molar-refractivity contribution in [1.29, 1.82) is 0 Å². The molecule has 1 aliphatic carbocycles. The van der Waals surface area contributed by atoms with Gasteiger partial charge in [0.05, 0.1) is 0 Å². The van der Waals surface area contributed by atoms with Crippen molar-refractivity contribution in [3.63, 3.8) is 0 Å². The fourth-order valence-electron chi connectivity index (χ4n) is 4.49. The second-order valence-corrected chi connectivity index (χ2v) is 6.21. The number of aromatic amines is 1. The molecule has 1 aliphatic heterocycles. The van der Waals surface area contributed by atoms with E-state index in [0.717, 1.165) is 30.7 Å². The third-order valence-electron chi connectivity index (χ3n) is 5.25. The predicted octanol–water partition coefficient (Wildman–Crippen LogP) is 2.63. The number of nitrogens with zero attached hydrogens (tertiary/aromatic N) is 2. The van der Waals surface area contributed by atoms with Crippen LogP contribution >= 0.6 is 12.4 Å². The van der Waals surface area contributed by atoms with Crippen molar-refractivity contribution in [2.24, 2.45) is 11.8 Å². The van der Waals surface area contributed by atoms with Gasteiger partial charge in [-0.2, -0.15) is 15.4 Å². The molecule has 4 rings (SSSR count). The zero-order chi connectivity index (χ0) is 14.3. The molecule has 2 bridgehead atoms. The molecule has 2 fully saturated rings. The van der Waals surface area contributed by atoms with Gasteiger partial charge in [-0.25, -0.2) is 0 Å². The van der Waals surface area contributed by atoms with E-state index in [1.807, 2.05) is 6.07 Å². The predicted molar refractivity (Wildman–Crippen MR) is 88.1 cm³/mol. The Balaban J connectivity index is 0.00000144. The maximum absolute atomic E-state index is 6.48. The van der Waals surface area contributed by atoms with Crippen LogP contribution < -0.4 is 5.32 Å². The number of H-pyrrole nitrogens is 1. The minimum Gasteiger partial charge on any atom is -0.370 e. The molecule has 2 heterocycles. The third-order valence-corrected chi connectivity index (χ3v) is 5.25. The Kier molecular flexibility index (Phi) is 4.39. The summed E-state index contributed by atoms with van der Waals surface area (Å²) < 4.78 is 6.48. The summed E-state index contributed by atoms with van der Waals surface area (Å²) in [6.07, 6.45) is 3.75. The van der Waals surface area contributed by atoms with Crippen molar-refractivity contribution in [3.05, 3.63) is 23.8 Å². The Morgan fingerprint density at radius 1 is 1.23 bits per heavy atom. The van der Waals surface area contributed by atoms with E-state index in [0.29, 0.717) is 11.8 Å². The summed E-state index contributed by atoms with van der Waals surface area (Å²) >= 11 is 0. The number of ether oxygens (including phenoxy) is 1. The average molecular weight is 323 g/mol. The maximum atomic E-state index is 6.48. The molecule has 120 valence electrons. The number of hydrogen-bond acceptors (Lipinski definition) is 4. The first-order valence-electron chi connectivity index (χ1n) is 8.01. The normalized spacial score (nSPS) is 31.0. The van der Waals surface area contributed by atoms with E-state index in [1.54, 1.807) is 0 Å². The molecule has 1 aromatic carbocycles. The van der Waals surface area contributed by atoms with Crippen LogP contribution in [0.2, 0.25) is 0 Å². The van der Waals surface area contributed by atoms with Crippen molar-refractivity contribution in [1.82, 2.24) is 20.7 Å². The summed E-state index contributed by atoms with van der Waals surface area (Å²) in [6.45, 7) is 4.90. The third kappa shape index (κ3) is 2.14. The molecule has 6 heteroatoms. The van der Waals surface area contributed by atoms with Crippen LogP contribution in [0.25, 0.3) is 11.0 Å². The lowest BCUT2D eigenvalue weighted by Crippen LogP contribution is -2.58. The van der Waals surface area contributed by atoms with Gasteiger partial charge in [-0.1, -0.05) is 18.6 Å². The van der Waals surface area contributed by atoms with Crippen LogP contribution in [0.4, 0.5) is 0 Å². The smallest absolute Gasteiger partial charge is 0.119 e. The van der Waals surface area contributed by atoms with E-state index in [9.17, 15) is 0 Å². The Morgan fingerprint density at radius 2 is 2.00 bits per heavy atom. The first-order chi connectivity index (χ1) is 10.4. The van der Waals surface area contributed by atoms with Gasteiger partial charge in [-0.05, 0) is 25.8 Å². The standard InChI is InChI=1S/C16H22N4O.ClH/c1-2-21-16(11-5-3-6-12(16)10-17-9-11)13-7-4-8-14-15(13)19-20-18-14;/h4,7-8,11-12,17H,2-3,5-6,9-10H2,1H3,(H,18,19,20);1H. The molecule has 1 saturated heterocycles. The van der Waals surface area contributed by atoms with Gasteiger partial charge in [0.15, 0.2) is 0 Å². The summed E-state index contributed by atoms with van der Waals surface area (Å²) in [6, 6.07) is 6.29. The topological polar surface area (TPSA) is 62.8 Å². The highest BCUT2D eigenvalue weighted by atomic mass is 35.5. The van der Waals surface area contributed by atoms with Crippen LogP contribution in [0.5, 0.6) is 0 Å². The number of piperidine rings is 1. The molecule has 2 aliphatic rings. The van der Waals surface area contributed by atoms with Crippen molar-refractivity contribution in [3.8, 4) is 0 Å². The van der Waals surface area contributed by atoms with Gasteiger partial charge in [0, 0.05) is 37.1 Å². The van der Waals surface area contributed by atoms with Crippen molar-refractivity contribution < 1.29 is 4.74 Å². The molecule has 2 N–H and O–H groups in total. The van der Waals surface area contributed by atoms with E-state index < -0.39 is 0 Å². The quantitative estimate of drug-likeness (QED) is 0.912. The van der Waals surface area contributed by atoms with Crippen LogP contribution in [0, 0.1) is 11.8 Å². The van der Waals surface area contributed by atoms with Crippen LogP contribution in [-0.4, -0.2) is 35.1 Å². The van der Waals surface area contributed by atoms with Gasteiger partial charge in [0.2, 0.25) is 0 Å². The average Bonchev–Trinajstić information content (AvgIpc) is 2.95. The molecule has 0 amide bonds. The first-order valence-corrected chi connectivity index (χ1v) is 8.01. The summed E-state index contributed by atoms with van der Waals surface area (Å²) in [5.41, 5.74) is 2.94. The van der Waals surface area contributed by atoms with Crippen LogP contribution in [0.3, 0.4) is 0 Å². The molecule has 2 aromatic rings. The van der Waals surface area contributed by atoms with Crippen LogP contribution in [-0.2, 0) is 10.3 Å². The number of aromatic nitrogens is 3. The number of para-hydroxylation sites is 1. The summed E-state index contributed by atoms with van der Waals surface area (Å²) in [5.74, 6) is 1.04. The molecule has 5 nitrogen and oxygen atoms in total. The number of benzene rings is 1. The van der Waals surface area contributed by atoms with E-state index >= 15 is 0 Å². The van der Waals surface area contributed by atoms with Gasteiger partial charge >= 0.3 is 0 Å². The molecular formula is C16H23ClN4O. The fraction of sp³-hybridized carbons (Fsp3) is 0.625. The second kappa shape index (κ2) is 6.14. The van der Waals surface area contributed by atoms with Gasteiger partial charge < -0.3 is 10.1 Å². The lowest BCUT2D eigenvalue weighted by Gasteiger charge is -2.53. The minimum absolute atomic E-state index is 0. The SMILES string of the molecule is CCOC1(c2cccc3n[nH]nc23)C2CCCC1CNC2.Cl. The first kappa shape index (κ1) is 15.7.